The number of hydrogen-bond acceptors (Lipinski definition) is 0. The summed E-state index contributed by atoms with van der Waals surface area (Å²) in [6.07, 6.45) is 0. The molecule has 0 saturated carbocycles. The zero-order valence-corrected chi connectivity index (χ0v) is 16.1. The summed E-state index contributed by atoms with van der Waals surface area (Å²) in [5, 5.41) is 0. The van der Waals surface area contributed by atoms with Crippen molar-refractivity contribution >= 4 is 14.5 Å². The van der Waals surface area contributed by atoms with Gasteiger partial charge in [0.05, 0.1) is 0 Å². The minimum atomic E-state index is -6.00. The van der Waals surface area contributed by atoms with Gasteiger partial charge >= 0.3 is 35.7 Å². The summed E-state index contributed by atoms with van der Waals surface area (Å²) < 4.78 is 82.3. The van der Waals surface area contributed by atoms with E-state index in [4.69, 9.17) is 0 Å². The van der Waals surface area contributed by atoms with Crippen LogP contribution in [0.15, 0.2) is 54.6 Å². The molecule has 0 heterocycles. The highest BCUT2D eigenvalue weighted by Crippen LogP contribution is 2.07. The van der Waals surface area contributed by atoms with Crippen LogP contribution in [0.1, 0.15) is 0 Å². The summed E-state index contributed by atoms with van der Waals surface area (Å²) >= 11 is 2.08. The molecule has 0 saturated heterocycles. The van der Waals surface area contributed by atoms with Crippen LogP contribution in [0.3, 0.4) is 0 Å². The number of benzene rings is 2. The second-order valence-corrected chi connectivity index (χ2v) is 8.21. The van der Waals surface area contributed by atoms with Crippen LogP contribution < -0.4 is 43.8 Å². The van der Waals surface area contributed by atoms with E-state index < -0.39 is 14.5 Å². The molecule has 0 aliphatic carbocycles. The molecule has 12 heteroatoms. The first-order valence-corrected chi connectivity index (χ1v) is 9.38. The van der Waals surface area contributed by atoms with Crippen LogP contribution in [0.4, 0.5) is 34.5 Å². The highest BCUT2D eigenvalue weighted by atomic mass is 127. The van der Waals surface area contributed by atoms with Crippen molar-refractivity contribution in [2.45, 2.75) is 0 Å². The zero-order valence-electron chi connectivity index (χ0n) is 11.7. The lowest BCUT2D eigenvalue weighted by Crippen LogP contribution is -3.61. The van der Waals surface area contributed by atoms with Crippen molar-refractivity contribution in [1.29, 1.82) is 0 Å². The van der Waals surface area contributed by atoms with Gasteiger partial charge in [0, 0.05) is 0 Å². The Hall–Kier alpha value is -0.530. The van der Waals surface area contributed by atoms with Crippen LogP contribution in [0.5, 0.6) is 0 Å². The molecule has 0 aromatic heterocycles. The molecule has 0 amide bonds. The Morgan fingerprint density at radius 3 is 1.29 bits per heavy atom. The number of hydrogen-bond donors (Lipinski definition) is 0. The molecule has 0 atom stereocenters. The maximum atomic E-state index is 9.75. The fourth-order valence-electron chi connectivity index (χ4n) is 1.10. The maximum Gasteiger partial charge on any atom is 0.673 e. The van der Waals surface area contributed by atoms with E-state index in [1.165, 1.54) is 10.7 Å². The first kappa shape index (κ1) is 23.5. The molecule has 0 bridgehead atoms. The minimum absolute atomic E-state index is 0.0170. The van der Waals surface area contributed by atoms with Gasteiger partial charge in [0.25, 0.3) is 22.6 Å². The van der Waals surface area contributed by atoms with Crippen molar-refractivity contribution in [1.82, 2.24) is 0 Å². The first-order valence-electron chi connectivity index (χ1n) is 6.06. The van der Waals surface area contributed by atoms with E-state index in [-0.39, 0.29) is 21.2 Å². The number of rotatable bonds is 2. The Bertz CT molecular complexity index is 548. The Balaban J connectivity index is 0.000000442. The van der Waals surface area contributed by atoms with E-state index in [2.05, 4.69) is 77.2 Å². The fraction of sp³-hybridized carbons (Fsp3) is 0. The SMILES string of the molecule is F[B-](F)(F)F.F[B-](F)(F)F.[IH+]c1ccc([I+]c2ccccc2)cc1. The molecule has 2 aromatic carbocycles. The van der Waals surface area contributed by atoms with E-state index in [9.17, 15) is 34.5 Å². The predicted octanol–water partition coefficient (Wildman–Crippen LogP) is -1.13. The van der Waals surface area contributed by atoms with Crippen LogP contribution >= 0.6 is 0 Å². The van der Waals surface area contributed by atoms with E-state index in [1.807, 2.05) is 0 Å². The van der Waals surface area contributed by atoms with Crippen molar-refractivity contribution in [3.63, 3.8) is 0 Å². The molecule has 0 fully saturated rings. The Morgan fingerprint density at radius 1 is 0.583 bits per heavy atom. The normalized spacial score (nSPS) is 10.9. The van der Waals surface area contributed by atoms with Crippen molar-refractivity contribution in [2.75, 3.05) is 0 Å². The van der Waals surface area contributed by atoms with Gasteiger partial charge in [-0.25, -0.2) is 0 Å². The highest BCUT2D eigenvalue weighted by Gasteiger charge is 2.21. The van der Waals surface area contributed by atoms with Gasteiger partial charge in [-0.15, -0.1) is 0 Å². The Labute approximate surface area is 157 Å². The van der Waals surface area contributed by atoms with Crippen LogP contribution in [0.25, 0.3) is 0 Å². The molecule has 0 unspecified atom stereocenters. The van der Waals surface area contributed by atoms with Crippen LogP contribution in [-0.4, -0.2) is 14.5 Å². The quantitative estimate of drug-likeness (QED) is 0.240. The summed E-state index contributed by atoms with van der Waals surface area (Å²) in [7, 11) is -12.0. The zero-order chi connectivity index (χ0) is 18.8. The molecular formula is C12H10B2F8I2. The first-order chi connectivity index (χ1) is 10.8. The molecule has 0 aliphatic rings. The standard InChI is InChI=1S/C12H10I2.2BF4/c13-10-6-8-12(9-7-10)14-11-4-2-1-3-5-11;2*2-1(3,4)5/h1-9,13H;;/q+2;2*-1. The monoisotopic (exact) mass is 582 g/mol. The van der Waals surface area contributed by atoms with Gasteiger partial charge < -0.3 is 34.5 Å². The average Bonchev–Trinajstić information content (AvgIpc) is 2.39. The lowest BCUT2D eigenvalue weighted by molar-refractivity contribution is -0.597. The molecule has 0 spiro atoms. The fourth-order valence-corrected chi connectivity index (χ4v) is 3.70. The highest BCUT2D eigenvalue weighted by molar-refractivity contribution is 6.50. The van der Waals surface area contributed by atoms with E-state index in [0.717, 1.165) is 0 Å². The van der Waals surface area contributed by atoms with Gasteiger partial charge in [-0.2, -0.15) is 0 Å². The van der Waals surface area contributed by atoms with Gasteiger partial charge in [0.1, 0.15) is 0 Å². The summed E-state index contributed by atoms with van der Waals surface area (Å²) in [5.74, 6) is 0. The largest absolute Gasteiger partial charge is 0.673 e. The molecular weight excluding hydrogens is 572 g/mol. The van der Waals surface area contributed by atoms with E-state index >= 15 is 0 Å². The summed E-state index contributed by atoms with van der Waals surface area (Å²) in [6, 6.07) is 19.6. The lowest BCUT2D eigenvalue weighted by Gasteiger charge is -1.94. The predicted molar refractivity (Wildman–Crippen MR) is 70.7 cm³/mol. The van der Waals surface area contributed by atoms with Crippen molar-refractivity contribution in [3.05, 3.63) is 65.3 Å². The minimum Gasteiger partial charge on any atom is -0.418 e. The maximum absolute atomic E-state index is 9.75. The topological polar surface area (TPSA) is 0 Å². The third-order valence-electron chi connectivity index (χ3n) is 1.76. The average molecular weight is 582 g/mol. The van der Waals surface area contributed by atoms with Crippen LogP contribution in [0.2, 0.25) is 0 Å². The second-order valence-electron chi connectivity index (χ2n) is 3.83. The smallest absolute Gasteiger partial charge is 0.418 e. The van der Waals surface area contributed by atoms with Gasteiger partial charge in [-0.3, -0.25) is 0 Å². The molecule has 2 rings (SSSR count). The molecule has 0 N–H and O–H groups in total. The molecule has 0 nitrogen and oxygen atoms in total. The summed E-state index contributed by atoms with van der Waals surface area (Å²) in [5.41, 5.74) is 0. The van der Waals surface area contributed by atoms with Gasteiger partial charge in [0.15, 0.2) is 10.7 Å². The van der Waals surface area contributed by atoms with Gasteiger partial charge in [-0.05, 0) is 36.4 Å². The summed E-state index contributed by atoms with van der Waals surface area (Å²) in [6.45, 7) is 0. The molecule has 134 valence electrons. The molecule has 2 aromatic rings. The lowest BCUT2D eigenvalue weighted by atomic mass is 10.3. The Morgan fingerprint density at radius 2 is 0.917 bits per heavy atom. The second kappa shape index (κ2) is 11.2. The number of halogens is 10. The van der Waals surface area contributed by atoms with E-state index in [1.54, 1.807) is 0 Å². The van der Waals surface area contributed by atoms with Crippen LogP contribution in [-0.2, 0) is 0 Å². The van der Waals surface area contributed by atoms with Crippen molar-refractivity contribution in [2.24, 2.45) is 0 Å². The third-order valence-corrected chi connectivity index (χ3v) is 5.23. The van der Waals surface area contributed by atoms with Gasteiger partial charge in [0.2, 0.25) is 0 Å². The van der Waals surface area contributed by atoms with Crippen molar-refractivity contribution < 1.29 is 78.3 Å². The molecule has 0 aliphatic heterocycles. The van der Waals surface area contributed by atoms with E-state index in [0.29, 0.717) is 0 Å². The van der Waals surface area contributed by atoms with Crippen molar-refractivity contribution in [3.8, 4) is 0 Å². The summed E-state index contributed by atoms with van der Waals surface area (Å²) in [4.78, 5) is 0. The van der Waals surface area contributed by atoms with Crippen LogP contribution in [0, 0.1) is 10.7 Å². The molecule has 0 radical (unpaired) electrons. The van der Waals surface area contributed by atoms with Gasteiger partial charge in [-0.1, -0.05) is 18.2 Å². The third kappa shape index (κ3) is 19.5. The Kier molecular flexibility index (Phi) is 10.9. The molecule has 24 heavy (non-hydrogen) atoms.